The fourth-order valence-electron chi connectivity index (χ4n) is 3.43. The largest absolute Gasteiger partial charge is 0.416 e. The predicted octanol–water partition coefficient (Wildman–Crippen LogP) is 4.30. The molecule has 0 bridgehead atoms. The van der Waals surface area contributed by atoms with Crippen LogP contribution in [0.15, 0.2) is 42.7 Å². The molecule has 150 valence electrons. The van der Waals surface area contributed by atoms with Gasteiger partial charge in [-0.15, -0.1) is 0 Å². The smallest absolute Gasteiger partial charge is 0.367 e. The van der Waals surface area contributed by atoms with Crippen LogP contribution in [0.5, 0.6) is 0 Å². The molecular formula is C20H22F3N3O2. The van der Waals surface area contributed by atoms with Gasteiger partial charge in [0.05, 0.1) is 11.1 Å². The fraction of sp³-hybridized carbons (Fsp3) is 0.400. The molecule has 1 aliphatic rings. The SMILES string of the molecule is O=C(CCC1CCCN(C(=O)c2cc[nH]c2)C1)Nc1ccc(C(F)(F)F)cc1. The molecule has 1 saturated heterocycles. The third kappa shape index (κ3) is 5.15. The summed E-state index contributed by atoms with van der Waals surface area (Å²) in [5.74, 6) is -0.0241. The third-order valence-electron chi connectivity index (χ3n) is 4.93. The quantitative estimate of drug-likeness (QED) is 0.795. The molecule has 2 N–H and O–H groups in total. The van der Waals surface area contributed by atoms with Gasteiger partial charge in [0.25, 0.3) is 5.91 Å². The molecule has 1 aromatic carbocycles. The highest BCUT2D eigenvalue weighted by molar-refractivity contribution is 5.94. The van der Waals surface area contributed by atoms with E-state index in [0.717, 1.165) is 25.0 Å². The number of hydrogen-bond acceptors (Lipinski definition) is 2. The Bertz CT molecular complexity index is 801. The second-order valence-corrected chi connectivity index (χ2v) is 7.02. The summed E-state index contributed by atoms with van der Waals surface area (Å²) in [6.45, 7) is 1.32. The van der Waals surface area contributed by atoms with Gasteiger partial charge >= 0.3 is 6.18 Å². The van der Waals surface area contributed by atoms with E-state index >= 15 is 0 Å². The molecule has 0 spiro atoms. The first-order chi connectivity index (χ1) is 13.3. The van der Waals surface area contributed by atoms with E-state index in [1.807, 2.05) is 4.90 Å². The molecule has 1 atom stereocenters. The average molecular weight is 393 g/mol. The van der Waals surface area contributed by atoms with Gasteiger partial charge in [0.1, 0.15) is 0 Å². The maximum atomic E-state index is 12.6. The molecule has 2 aromatic rings. The van der Waals surface area contributed by atoms with Crippen LogP contribution < -0.4 is 5.32 Å². The van der Waals surface area contributed by atoms with Crippen LogP contribution in [0.3, 0.4) is 0 Å². The summed E-state index contributed by atoms with van der Waals surface area (Å²) in [4.78, 5) is 29.2. The van der Waals surface area contributed by atoms with Crippen molar-refractivity contribution in [2.45, 2.75) is 31.9 Å². The molecule has 8 heteroatoms. The van der Waals surface area contributed by atoms with Gasteiger partial charge in [0.15, 0.2) is 0 Å². The van der Waals surface area contributed by atoms with Crippen LogP contribution >= 0.6 is 0 Å². The van der Waals surface area contributed by atoms with Crippen molar-refractivity contribution in [1.82, 2.24) is 9.88 Å². The Balaban J connectivity index is 1.47. The van der Waals surface area contributed by atoms with Crippen molar-refractivity contribution in [3.05, 3.63) is 53.9 Å². The number of halogens is 3. The predicted molar refractivity (Wildman–Crippen MR) is 98.7 cm³/mol. The van der Waals surface area contributed by atoms with Gasteiger partial charge in [-0.25, -0.2) is 0 Å². The van der Waals surface area contributed by atoms with Gasteiger partial charge in [-0.1, -0.05) is 0 Å². The van der Waals surface area contributed by atoms with Crippen molar-refractivity contribution in [2.24, 2.45) is 5.92 Å². The number of nitrogens with zero attached hydrogens (tertiary/aromatic N) is 1. The minimum atomic E-state index is -4.40. The number of nitrogens with one attached hydrogen (secondary N) is 2. The van der Waals surface area contributed by atoms with Crippen LogP contribution in [-0.2, 0) is 11.0 Å². The number of aromatic nitrogens is 1. The number of benzene rings is 1. The lowest BCUT2D eigenvalue weighted by Crippen LogP contribution is -2.40. The van der Waals surface area contributed by atoms with E-state index in [1.54, 1.807) is 18.5 Å². The first-order valence-electron chi connectivity index (χ1n) is 9.22. The van der Waals surface area contributed by atoms with E-state index in [1.165, 1.54) is 12.1 Å². The van der Waals surface area contributed by atoms with Gasteiger partial charge in [0.2, 0.25) is 5.91 Å². The van der Waals surface area contributed by atoms with E-state index < -0.39 is 11.7 Å². The number of aromatic amines is 1. The Labute approximate surface area is 160 Å². The summed E-state index contributed by atoms with van der Waals surface area (Å²) in [6.07, 6.45) is 1.71. The number of hydrogen-bond donors (Lipinski definition) is 2. The number of rotatable bonds is 5. The molecule has 28 heavy (non-hydrogen) atoms. The van der Waals surface area contributed by atoms with Gasteiger partial charge in [-0.2, -0.15) is 13.2 Å². The number of carbonyl (C=O) groups excluding carboxylic acids is 2. The standard InChI is InChI=1S/C20H22F3N3O2/c21-20(22,23)16-4-6-17(7-5-16)25-18(27)8-3-14-2-1-11-26(13-14)19(28)15-9-10-24-12-15/h4-7,9-10,12,14,24H,1-3,8,11,13H2,(H,25,27). The zero-order valence-corrected chi connectivity index (χ0v) is 15.3. The summed E-state index contributed by atoms with van der Waals surface area (Å²) in [6, 6.07) is 6.13. The summed E-state index contributed by atoms with van der Waals surface area (Å²) in [7, 11) is 0. The topological polar surface area (TPSA) is 65.2 Å². The zero-order chi connectivity index (χ0) is 20.1. The highest BCUT2D eigenvalue weighted by atomic mass is 19.4. The third-order valence-corrected chi connectivity index (χ3v) is 4.93. The highest BCUT2D eigenvalue weighted by Gasteiger charge is 2.30. The second-order valence-electron chi connectivity index (χ2n) is 7.02. The van der Waals surface area contributed by atoms with Crippen LogP contribution in [-0.4, -0.2) is 34.8 Å². The van der Waals surface area contributed by atoms with Crippen molar-refractivity contribution >= 4 is 17.5 Å². The molecular weight excluding hydrogens is 371 g/mol. The number of anilines is 1. The van der Waals surface area contributed by atoms with Crippen LogP contribution in [0.1, 0.15) is 41.6 Å². The molecule has 0 saturated carbocycles. The van der Waals surface area contributed by atoms with E-state index in [-0.39, 0.29) is 24.2 Å². The number of amides is 2. The van der Waals surface area contributed by atoms with Gasteiger partial charge in [0, 0.05) is 37.6 Å². The van der Waals surface area contributed by atoms with Crippen molar-refractivity contribution in [1.29, 1.82) is 0 Å². The Morgan fingerprint density at radius 3 is 2.57 bits per heavy atom. The minimum Gasteiger partial charge on any atom is -0.367 e. The highest BCUT2D eigenvalue weighted by Crippen LogP contribution is 2.30. The molecule has 5 nitrogen and oxygen atoms in total. The van der Waals surface area contributed by atoms with E-state index in [0.29, 0.717) is 30.8 Å². The molecule has 1 aromatic heterocycles. The Morgan fingerprint density at radius 1 is 1.18 bits per heavy atom. The maximum Gasteiger partial charge on any atom is 0.416 e. The lowest BCUT2D eigenvalue weighted by molar-refractivity contribution is -0.137. The van der Waals surface area contributed by atoms with Crippen LogP contribution in [0.2, 0.25) is 0 Å². The maximum absolute atomic E-state index is 12.6. The Kier molecular flexibility index (Phi) is 6.06. The van der Waals surface area contributed by atoms with E-state index in [9.17, 15) is 22.8 Å². The second kappa shape index (κ2) is 8.50. The first-order valence-corrected chi connectivity index (χ1v) is 9.22. The molecule has 0 aliphatic carbocycles. The van der Waals surface area contributed by atoms with E-state index in [2.05, 4.69) is 10.3 Å². The minimum absolute atomic E-state index is 0.0137. The molecule has 0 radical (unpaired) electrons. The lowest BCUT2D eigenvalue weighted by atomic mass is 9.93. The Hall–Kier alpha value is -2.77. The number of alkyl halides is 3. The number of H-pyrrole nitrogens is 1. The molecule has 2 amide bonds. The van der Waals surface area contributed by atoms with Crippen molar-refractivity contribution < 1.29 is 22.8 Å². The van der Waals surface area contributed by atoms with Crippen molar-refractivity contribution in [3.63, 3.8) is 0 Å². The average Bonchev–Trinajstić information content (AvgIpc) is 3.20. The summed E-state index contributed by atoms with van der Waals surface area (Å²) in [5, 5.41) is 2.63. The summed E-state index contributed by atoms with van der Waals surface area (Å²) in [5.41, 5.74) is 0.214. The first kappa shape index (κ1) is 20.0. The molecule has 3 rings (SSSR count). The Morgan fingerprint density at radius 2 is 1.93 bits per heavy atom. The molecule has 1 unspecified atom stereocenters. The number of likely N-dealkylation sites (tertiary alicyclic amines) is 1. The van der Waals surface area contributed by atoms with Gasteiger partial charge in [-0.05, 0) is 55.5 Å². The van der Waals surface area contributed by atoms with Crippen LogP contribution in [0.25, 0.3) is 0 Å². The van der Waals surface area contributed by atoms with Crippen LogP contribution in [0.4, 0.5) is 18.9 Å². The van der Waals surface area contributed by atoms with Gasteiger partial charge in [-0.3, -0.25) is 9.59 Å². The van der Waals surface area contributed by atoms with Crippen molar-refractivity contribution in [3.8, 4) is 0 Å². The number of piperidine rings is 1. The molecule has 1 fully saturated rings. The lowest BCUT2D eigenvalue weighted by Gasteiger charge is -2.32. The zero-order valence-electron chi connectivity index (χ0n) is 15.3. The summed E-state index contributed by atoms with van der Waals surface area (Å²) >= 11 is 0. The monoisotopic (exact) mass is 393 g/mol. The van der Waals surface area contributed by atoms with E-state index in [4.69, 9.17) is 0 Å². The number of carbonyl (C=O) groups is 2. The van der Waals surface area contributed by atoms with Gasteiger partial charge < -0.3 is 15.2 Å². The molecule has 2 heterocycles. The van der Waals surface area contributed by atoms with Crippen LogP contribution in [0, 0.1) is 5.92 Å². The van der Waals surface area contributed by atoms with Crippen molar-refractivity contribution in [2.75, 3.05) is 18.4 Å². The normalized spacial score (nSPS) is 17.4. The summed E-state index contributed by atoms with van der Waals surface area (Å²) < 4.78 is 37.7. The molecule has 1 aliphatic heterocycles. The fourth-order valence-corrected chi connectivity index (χ4v) is 3.43.